The number of aryl methyl sites for hydroxylation is 1. The van der Waals surface area contributed by atoms with Gasteiger partial charge in [0.05, 0.1) is 12.7 Å². The summed E-state index contributed by atoms with van der Waals surface area (Å²) in [4.78, 5) is 0. The van der Waals surface area contributed by atoms with Crippen molar-refractivity contribution in [2.75, 3.05) is 0 Å². The van der Waals surface area contributed by atoms with Crippen LogP contribution in [0, 0.1) is 11.3 Å². The molecule has 2 aromatic heterocycles. The summed E-state index contributed by atoms with van der Waals surface area (Å²) >= 11 is 0. The van der Waals surface area contributed by atoms with Crippen molar-refractivity contribution in [3.63, 3.8) is 0 Å². The van der Waals surface area contributed by atoms with E-state index in [2.05, 4.69) is 36.5 Å². The van der Waals surface area contributed by atoms with E-state index in [1.54, 1.807) is 4.68 Å². The van der Waals surface area contributed by atoms with Gasteiger partial charge in [0.25, 0.3) is 0 Å². The Kier molecular flexibility index (Phi) is 3.00. The average Bonchev–Trinajstić information content (AvgIpc) is 2.84. The lowest BCUT2D eigenvalue weighted by Crippen LogP contribution is -2.18. The molecule has 0 unspecified atom stereocenters. The smallest absolute Gasteiger partial charge is 0.120 e. The van der Waals surface area contributed by atoms with Crippen LogP contribution < -0.4 is 0 Å². The monoisotopic (exact) mass is 242 g/mol. The van der Waals surface area contributed by atoms with Crippen molar-refractivity contribution in [2.45, 2.75) is 32.7 Å². The molecule has 0 radical (unpaired) electrons. The highest BCUT2D eigenvalue weighted by Crippen LogP contribution is 2.25. The number of hydrogen-bond acceptors (Lipinski definition) is 2. The summed E-state index contributed by atoms with van der Waals surface area (Å²) in [6, 6.07) is 6.17. The molecule has 4 heteroatoms. The Balaban J connectivity index is 2.42. The third-order valence-electron chi connectivity index (χ3n) is 2.96. The van der Waals surface area contributed by atoms with Gasteiger partial charge in [-0.3, -0.25) is 4.68 Å². The maximum Gasteiger partial charge on any atom is 0.120 e. The van der Waals surface area contributed by atoms with Crippen molar-refractivity contribution < 1.29 is 0 Å². The van der Waals surface area contributed by atoms with Gasteiger partial charge in [0.1, 0.15) is 11.8 Å². The quantitative estimate of drug-likeness (QED) is 0.812. The molecule has 0 saturated heterocycles. The molecule has 0 aliphatic carbocycles. The van der Waals surface area contributed by atoms with Gasteiger partial charge in [-0.1, -0.05) is 20.8 Å². The first-order valence-electron chi connectivity index (χ1n) is 5.99. The summed E-state index contributed by atoms with van der Waals surface area (Å²) in [5.41, 5.74) is 3.00. The summed E-state index contributed by atoms with van der Waals surface area (Å²) in [7, 11) is 1.90. The summed E-state index contributed by atoms with van der Waals surface area (Å²) in [6.45, 7) is 7.16. The zero-order valence-electron chi connectivity index (χ0n) is 11.3. The number of rotatable bonds is 2. The third kappa shape index (κ3) is 2.30. The molecule has 0 spiro atoms. The summed E-state index contributed by atoms with van der Waals surface area (Å²) in [5.74, 6) is 0. The van der Waals surface area contributed by atoms with Crippen LogP contribution in [0.1, 0.15) is 37.7 Å². The minimum absolute atomic E-state index is 0.0251. The van der Waals surface area contributed by atoms with Gasteiger partial charge in [0, 0.05) is 29.9 Å². The average molecular weight is 242 g/mol. The van der Waals surface area contributed by atoms with Gasteiger partial charge < -0.3 is 4.57 Å². The predicted molar refractivity (Wildman–Crippen MR) is 70.2 cm³/mol. The maximum atomic E-state index is 9.19. The number of nitrogens with zero attached hydrogens (tertiary/aromatic N) is 4. The predicted octanol–water partition coefficient (Wildman–Crippen LogP) is 2.44. The van der Waals surface area contributed by atoms with E-state index in [4.69, 9.17) is 0 Å². The van der Waals surface area contributed by atoms with Crippen molar-refractivity contribution >= 4 is 0 Å². The molecule has 4 nitrogen and oxygen atoms in total. The van der Waals surface area contributed by atoms with Crippen LogP contribution in [0.15, 0.2) is 24.5 Å². The van der Waals surface area contributed by atoms with Gasteiger partial charge in [-0.05, 0) is 12.1 Å². The Labute approximate surface area is 107 Å². The molecular formula is C14H18N4. The third-order valence-corrected chi connectivity index (χ3v) is 2.96. The fourth-order valence-electron chi connectivity index (χ4n) is 2.13. The van der Waals surface area contributed by atoms with Crippen LogP contribution in [0.3, 0.4) is 0 Å². The van der Waals surface area contributed by atoms with Crippen molar-refractivity contribution in [1.29, 1.82) is 5.26 Å². The lowest BCUT2D eigenvalue weighted by Gasteiger charge is -2.21. The molecule has 0 bridgehead atoms. The van der Waals surface area contributed by atoms with Crippen LogP contribution in [0.25, 0.3) is 0 Å². The highest BCUT2D eigenvalue weighted by molar-refractivity contribution is 5.31. The summed E-state index contributed by atoms with van der Waals surface area (Å²) in [6.07, 6.45) is 3.82. The molecule has 0 N–H and O–H groups in total. The van der Waals surface area contributed by atoms with Crippen LogP contribution in [-0.2, 0) is 19.0 Å². The largest absolute Gasteiger partial charge is 0.332 e. The minimum atomic E-state index is 0.0251. The van der Waals surface area contributed by atoms with Crippen LogP contribution >= 0.6 is 0 Å². The molecule has 94 valence electrons. The number of nitriles is 1. The normalized spacial score (nSPS) is 11.5. The second-order valence-electron chi connectivity index (χ2n) is 5.57. The molecule has 0 fully saturated rings. The Bertz CT molecular complexity index is 590. The molecule has 2 rings (SSSR count). The van der Waals surface area contributed by atoms with E-state index in [-0.39, 0.29) is 5.41 Å². The molecule has 0 atom stereocenters. The Morgan fingerprint density at radius 2 is 2.06 bits per heavy atom. The van der Waals surface area contributed by atoms with E-state index in [0.29, 0.717) is 12.2 Å². The molecule has 0 saturated carbocycles. The van der Waals surface area contributed by atoms with Crippen LogP contribution in [0.5, 0.6) is 0 Å². The molecule has 0 aromatic carbocycles. The SMILES string of the molecule is Cn1cc(Cn2c(C#N)ccc2C(C)(C)C)cn1. The zero-order valence-corrected chi connectivity index (χ0v) is 11.3. The molecule has 0 aliphatic heterocycles. The Morgan fingerprint density at radius 1 is 1.33 bits per heavy atom. The van der Waals surface area contributed by atoms with E-state index < -0.39 is 0 Å². The fraction of sp³-hybridized carbons (Fsp3) is 0.429. The van der Waals surface area contributed by atoms with Crippen LogP contribution in [0.2, 0.25) is 0 Å². The van der Waals surface area contributed by atoms with E-state index in [1.165, 1.54) is 5.69 Å². The molecule has 2 heterocycles. The van der Waals surface area contributed by atoms with Crippen LogP contribution in [-0.4, -0.2) is 14.3 Å². The van der Waals surface area contributed by atoms with Gasteiger partial charge in [-0.2, -0.15) is 10.4 Å². The van der Waals surface area contributed by atoms with Gasteiger partial charge >= 0.3 is 0 Å². The van der Waals surface area contributed by atoms with E-state index in [1.807, 2.05) is 31.6 Å². The molecule has 0 aliphatic rings. The first kappa shape index (κ1) is 12.4. The fourth-order valence-corrected chi connectivity index (χ4v) is 2.13. The minimum Gasteiger partial charge on any atom is -0.332 e. The maximum absolute atomic E-state index is 9.19. The van der Waals surface area contributed by atoms with Crippen LogP contribution in [0.4, 0.5) is 0 Å². The van der Waals surface area contributed by atoms with Gasteiger partial charge in [0.2, 0.25) is 0 Å². The Hall–Kier alpha value is -2.02. The molecule has 2 aromatic rings. The lowest BCUT2D eigenvalue weighted by molar-refractivity contribution is 0.529. The second kappa shape index (κ2) is 4.34. The van der Waals surface area contributed by atoms with Crippen molar-refractivity contribution in [1.82, 2.24) is 14.3 Å². The topological polar surface area (TPSA) is 46.5 Å². The van der Waals surface area contributed by atoms with Crippen molar-refractivity contribution in [2.24, 2.45) is 7.05 Å². The van der Waals surface area contributed by atoms with Gasteiger partial charge in [-0.15, -0.1) is 0 Å². The van der Waals surface area contributed by atoms with Gasteiger partial charge in [0.15, 0.2) is 0 Å². The lowest BCUT2D eigenvalue weighted by atomic mass is 9.92. The first-order chi connectivity index (χ1) is 8.41. The van der Waals surface area contributed by atoms with E-state index in [0.717, 1.165) is 5.56 Å². The van der Waals surface area contributed by atoms with Crippen molar-refractivity contribution in [3.05, 3.63) is 41.5 Å². The van der Waals surface area contributed by atoms with E-state index >= 15 is 0 Å². The summed E-state index contributed by atoms with van der Waals surface area (Å²) in [5, 5.41) is 13.4. The second-order valence-corrected chi connectivity index (χ2v) is 5.57. The Morgan fingerprint density at radius 3 is 2.56 bits per heavy atom. The zero-order chi connectivity index (χ0) is 13.3. The highest BCUT2D eigenvalue weighted by Gasteiger charge is 2.20. The van der Waals surface area contributed by atoms with E-state index in [9.17, 15) is 5.26 Å². The standard InChI is InChI=1S/C14H18N4/c1-14(2,3)13-6-5-12(7-15)18(13)10-11-8-16-17(4)9-11/h5-6,8-9H,10H2,1-4H3. The van der Waals surface area contributed by atoms with Crippen molar-refractivity contribution in [3.8, 4) is 6.07 Å². The number of aromatic nitrogens is 3. The molecule has 0 amide bonds. The summed E-state index contributed by atoms with van der Waals surface area (Å²) < 4.78 is 3.85. The first-order valence-corrected chi connectivity index (χ1v) is 5.99. The molecule has 18 heavy (non-hydrogen) atoms. The number of hydrogen-bond donors (Lipinski definition) is 0. The highest BCUT2D eigenvalue weighted by atomic mass is 15.2. The van der Waals surface area contributed by atoms with Gasteiger partial charge in [-0.25, -0.2) is 0 Å². The molecular weight excluding hydrogens is 224 g/mol.